The Morgan fingerprint density at radius 3 is 2.49 bits per heavy atom. The summed E-state index contributed by atoms with van der Waals surface area (Å²) < 4.78 is 28.9. The number of aliphatic hydroxyl groups excluding tert-OH is 1. The van der Waals surface area contributed by atoms with Crippen LogP contribution in [0.3, 0.4) is 0 Å². The van der Waals surface area contributed by atoms with Gasteiger partial charge in [0, 0.05) is 36.1 Å². The molecule has 2 bridgehead atoms. The average molecular weight is 678 g/mol. The van der Waals surface area contributed by atoms with Gasteiger partial charge in [-0.15, -0.1) is 0 Å². The molecule has 0 aromatic heterocycles. The van der Waals surface area contributed by atoms with Crippen molar-refractivity contribution < 1.29 is 53.1 Å². The summed E-state index contributed by atoms with van der Waals surface area (Å²) in [7, 11) is 1.99. The molecule has 2 aromatic carbocycles. The molecular weight excluding hydrogens is 634 g/mol. The summed E-state index contributed by atoms with van der Waals surface area (Å²) in [4.78, 5) is 54.2. The van der Waals surface area contributed by atoms with Crippen molar-refractivity contribution in [2.24, 2.45) is 0 Å². The summed E-state index contributed by atoms with van der Waals surface area (Å²) in [6, 6.07) is 11.9. The Bertz CT molecular complexity index is 1680. The molecule has 0 unspecified atom stereocenters. The fourth-order valence-electron chi connectivity index (χ4n) is 7.81. The van der Waals surface area contributed by atoms with E-state index in [1.54, 1.807) is 57.2 Å². The van der Waals surface area contributed by atoms with Crippen molar-refractivity contribution in [2.45, 2.75) is 101 Å². The lowest BCUT2D eigenvalue weighted by molar-refractivity contribution is -0.178. The van der Waals surface area contributed by atoms with Crippen molar-refractivity contribution in [1.29, 1.82) is 0 Å². The molecule has 0 radical (unpaired) electrons. The second-order valence-electron chi connectivity index (χ2n) is 14.3. The first-order chi connectivity index (χ1) is 23.2. The maximum Gasteiger partial charge on any atom is 0.357 e. The summed E-state index contributed by atoms with van der Waals surface area (Å²) >= 11 is 0. The molecule has 2 aliphatic carbocycles. The van der Waals surface area contributed by atoms with Crippen molar-refractivity contribution in [3.63, 3.8) is 0 Å². The highest BCUT2D eigenvalue weighted by molar-refractivity contribution is 5.90. The number of esters is 3. The van der Waals surface area contributed by atoms with Gasteiger partial charge in [0.25, 0.3) is 0 Å². The molecule has 2 N–H and O–H groups in total. The highest BCUT2D eigenvalue weighted by Crippen LogP contribution is 2.64. The minimum atomic E-state index is -1.55. The molecule has 2 heterocycles. The second kappa shape index (κ2) is 13.0. The van der Waals surface area contributed by atoms with Crippen LogP contribution in [0.25, 0.3) is 0 Å². The van der Waals surface area contributed by atoms with Crippen molar-refractivity contribution in [1.82, 2.24) is 4.90 Å². The van der Waals surface area contributed by atoms with Crippen LogP contribution in [0.5, 0.6) is 5.75 Å². The Hall–Kier alpha value is -4.10. The largest absolute Gasteiger partial charge is 0.481 e. The normalized spacial score (nSPS) is 26.4. The standard InChI is InChI=1S/C37H43NO11/c1-21(40)46-27(25(41)20-45-35(2,3)4)18-29(42)48-32(22-9-7-6-8-10-22)34(43)47-26-13-14-37(44)28-17-23-11-12-24(19-39)31-30(23)36(37,33(26)49-31)15-16-38(28)5/h6-13,27-28,32-33,39,44H,14-20H2,1-5H3/t27-,28+,32-,33-,36-,37+/m0/s1. The second-order valence-corrected chi connectivity index (χ2v) is 14.3. The van der Waals surface area contributed by atoms with Crippen LogP contribution in [0.4, 0.5) is 0 Å². The number of ketones is 1. The van der Waals surface area contributed by atoms with Crippen LogP contribution in [-0.4, -0.2) is 88.5 Å². The first kappa shape index (κ1) is 34.8. The van der Waals surface area contributed by atoms with E-state index >= 15 is 0 Å². The molecule has 1 fully saturated rings. The monoisotopic (exact) mass is 677 g/mol. The van der Waals surface area contributed by atoms with E-state index in [1.807, 2.05) is 19.2 Å². The molecule has 262 valence electrons. The summed E-state index contributed by atoms with van der Waals surface area (Å²) in [5.74, 6) is -2.62. The molecule has 12 heteroatoms. The predicted molar refractivity (Wildman–Crippen MR) is 173 cm³/mol. The molecule has 4 aliphatic rings. The highest BCUT2D eigenvalue weighted by Gasteiger charge is 2.72. The Morgan fingerprint density at radius 2 is 1.82 bits per heavy atom. The molecule has 6 atom stereocenters. The van der Waals surface area contributed by atoms with Crippen LogP contribution in [0.2, 0.25) is 0 Å². The minimum absolute atomic E-state index is 0.176. The molecule has 0 saturated carbocycles. The zero-order valence-corrected chi connectivity index (χ0v) is 28.4. The van der Waals surface area contributed by atoms with Gasteiger partial charge in [0.2, 0.25) is 6.10 Å². The zero-order chi connectivity index (χ0) is 35.3. The lowest BCUT2D eigenvalue weighted by Gasteiger charge is -2.61. The first-order valence-electron chi connectivity index (χ1n) is 16.5. The van der Waals surface area contributed by atoms with E-state index in [4.69, 9.17) is 23.7 Å². The topological polar surface area (TPSA) is 158 Å². The van der Waals surface area contributed by atoms with E-state index in [-0.39, 0.29) is 24.8 Å². The number of aliphatic hydroxyl groups is 2. The summed E-state index contributed by atoms with van der Waals surface area (Å²) in [6.45, 7) is 6.39. The third kappa shape index (κ3) is 6.16. The number of likely N-dealkylation sites (N-methyl/N-ethyl adjacent to an activating group) is 1. The smallest absolute Gasteiger partial charge is 0.357 e. The number of hydrogen-bond donors (Lipinski definition) is 2. The molecule has 0 amide bonds. The Morgan fingerprint density at radius 1 is 1.08 bits per heavy atom. The van der Waals surface area contributed by atoms with Gasteiger partial charge in [0.05, 0.1) is 29.6 Å². The van der Waals surface area contributed by atoms with Gasteiger partial charge in [-0.25, -0.2) is 4.79 Å². The van der Waals surface area contributed by atoms with E-state index < -0.39 is 71.6 Å². The number of piperidine rings is 1. The van der Waals surface area contributed by atoms with Gasteiger partial charge in [-0.05, 0) is 58.8 Å². The summed E-state index contributed by atoms with van der Waals surface area (Å²) in [5, 5.41) is 22.7. The van der Waals surface area contributed by atoms with E-state index in [0.717, 1.165) is 18.1 Å². The van der Waals surface area contributed by atoms with E-state index in [0.29, 0.717) is 36.3 Å². The quantitative estimate of drug-likeness (QED) is 0.265. The first-order valence-corrected chi connectivity index (χ1v) is 16.5. The lowest BCUT2D eigenvalue weighted by Crippen LogP contribution is -2.74. The van der Waals surface area contributed by atoms with Gasteiger partial charge in [0.15, 0.2) is 18.0 Å². The minimum Gasteiger partial charge on any atom is -0.481 e. The highest BCUT2D eigenvalue weighted by atomic mass is 16.6. The lowest BCUT2D eigenvalue weighted by atomic mass is 9.50. The number of nitrogens with zero attached hydrogens (tertiary/aromatic N) is 1. The Balaban J connectivity index is 1.27. The van der Waals surface area contributed by atoms with Gasteiger partial charge < -0.3 is 38.8 Å². The van der Waals surface area contributed by atoms with Crippen LogP contribution in [0.15, 0.2) is 54.3 Å². The van der Waals surface area contributed by atoms with Crippen molar-refractivity contribution in [3.05, 3.63) is 76.6 Å². The number of carbonyl (C=O) groups excluding carboxylic acids is 4. The predicted octanol–water partition coefficient (Wildman–Crippen LogP) is 2.99. The maximum absolute atomic E-state index is 14.0. The maximum atomic E-state index is 14.0. The third-order valence-electron chi connectivity index (χ3n) is 10.1. The Kier molecular flexibility index (Phi) is 9.20. The molecule has 1 saturated heterocycles. The molecule has 2 aromatic rings. The SMILES string of the molecule is CC(=O)O[C@@H](CC(=O)O[C@H](C(=O)OC1=CC[C@@]2(O)[C@H]3Cc4ccc(CO)c5c4[C@@]2(CCN3C)[C@H]1O5)c1ccccc1)C(=O)COC(C)(C)C. The summed E-state index contributed by atoms with van der Waals surface area (Å²) in [6.07, 6.45) is -1.59. The number of Topliss-reactive ketones (excluding diaryl/α,β-unsaturated/α-hetero) is 1. The number of likely N-dealkylation sites (tertiary alicyclic amines) is 1. The number of carbonyl (C=O) groups is 4. The molecule has 12 nitrogen and oxygen atoms in total. The van der Waals surface area contributed by atoms with Crippen molar-refractivity contribution in [2.75, 3.05) is 20.2 Å². The van der Waals surface area contributed by atoms with Crippen LogP contribution in [-0.2, 0) is 56.6 Å². The zero-order valence-electron chi connectivity index (χ0n) is 28.4. The van der Waals surface area contributed by atoms with E-state index in [1.165, 1.54) is 0 Å². The molecular formula is C37H43NO11. The average Bonchev–Trinajstić information content (AvgIpc) is 3.41. The van der Waals surface area contributed by atoms with Crippen molar-refractivity contribution >= 4 is 23.7 Å². The van der Waals surface area contributed by atoms with Crippen LogP contribution in [0, 0.1) is 0 Å². The molecule has 2 aliphatic heterocycles. The summed E-state index contributed by atoms with van der Waals surface area (Å²) in [5.41, 5.74) is -0.0596. The fourth-order valence-corrected chi connectivity index (χ4v) is 7.81. The molecule has 49 heavy (non-hydrogen) atoms. The van der Waals surface area contributed by atoms with Crippen LogP contribution in [0.1, 0.15) is 75.3 Å². The number of ether oxygens (including phenoxy) is 5. The van der Waals surface area contributed by atoms with Gasteiger partial charge in [-0.3, -0.25) is 14.4 Å². The fraction of sp³-hybridized carbons (Fsp3) is 0.514. The van der Waals surface area contributed by atoms with E-state index in [9.17, 15) is 29.4 Å². The van der Waals surface area contributed by atoms with Gasteiger partial charge in [-0.2, -0.15) is 0 Å². The van der Waals surface area contributed by atoms with Gasteiger partial charge in [-0.1, -0.05) is 42.5 Å². The third-order valence-corrected chi connectivity index (χ3v) is 10.1. The van der Waals surface area contributed by atoms with E-state index in [2.05, 4.69) is 4.90 Å². The molecule has 1 spiro atoms. The van der Waals surface area contributed by atoms with Gasteiger partial charge >= 0.3 is 17.9 Å². The van der Waals surface area contributed by atoms with Gasteiger partial charge in [0.1, 0.15) is 18.1 Å². The Labute approximate surface area is 284 Å². The number of benzene rings is 2. The van der Waals surface area contributed by atoms with Crippen LogP contribution < -0.4 is 4.74 Å². The van der Waals surface area contributed by atoms with Crippen molar-refractivity contribution in [3.8, 4) is 5.75 Å². The number of rotatable bonds is 11. The number of hydrogen-bond acceptors (Lipinski definition) is 12. The van der Waals surface area contributed by atoms with Crippen LogP contribution >= 0.6 is 0 Å². The molecule has 6 rings (SSSR count).